The van der Waals surface area contributed by atoms with Crippen LogP contribution in [-0.4, -0.2) is 60.6 Å². The summed E-state index contributed by atoms with van der Waals surface area (Å²) < 4.78 is 16.8. The van der Waals surface area contributed by atoms with Crippen molar-refractivity contribution in [2.45, 2.75) is 39.4 Å². The van der Waals surface area contributed by atoms with E-state index in [-0.39, 0.29) is 23.7 Å². The number of aromatic amines is 1. The van der Waals surface area contributed by atoms with Crippen LogP contribution in [0.1, 0.15) is 32.3 Å². The van der Waals surface area contributed by atoms with Gasteiger partial charge in [-0.1, -0.05) is 0 Å². The first kappa shape index (κ1) is 23.1. The average Bonchev–Trinajstić information content (AvgIpc) is 3.26. The molecule has 0 spiro atoms. The molecule has 3 rings (SSSR count). The minimum absolute atomic E-state index is 0.150. The number of hydrogen-bond donors (Lipinski definition) is 3. The van der Waals surface area contributed by atoms with Crippen LogP contribution in [0.15, 0.2) is 29.1 Å². The Hall–Kier alpha value is -2.62. The van der Waals surface area contributed by atoms with Gasteiger partial charge in [0.05, 0.1) is 5.56 Å². The SMILES string of the molecule is CCOC(Cc1c(N)nc(Nc2ccc(OCCN3CCCC3)cc2)[nH]c1=O)OCC. The second-order valence-corrected chi connectivity index (χ2v) is 7.37. The van der Waals surface area contributed by atoms with Crippen molar-refractivity contribution in [2.24, 2.45) is 0 Å². The van der Waals surface area contributed by atoms with Gasteiger partial charge >= 0.3 is 0 Å². The topological polar surface area (TPSA) is 115 Å². The molecule has 1 aromatic carbocycles. The van der Waals surface area contributed by atoms with Crippen molar-refractivity contribution >= 4 is 17.5 Å². The van der Waals surface area contributed by atoms with E-state index in [1.54, 1.807) is 0 Å². The zero-order valence-corrected chi connectivity index (χ0v) is 18.4. The number of nitrogens with one attached hydrogen (secondary N) is 2. The molecule has 9 heteroatoms. The summed E-state index contributed by atoms with van der Waals surface area (Å²) in [5.74, 6) is 1.23. The zero-order chi connectivity index (χ0) is 22.1. The molecule has 170 valence electrons. The largest absolute Gasteiger partial charge is 0.492 e. The van der Waals surface area contributed by atoms with Gasteiger partial charge in [0, 0.05) is 31.9 Å². The van der Waals surface area contributed by atoms with Gasteiger partial charge in [0.2, 0.25) is 5.95 Å². The van der Waals surface area contributed by atoms with Crippen molar-refractivity contribution in [1.82, 2.24) is 14.9 Å². The number of nitrogens with zero attached hydrogens (tertiary/aromatic N) is 2. The maximum atomic E-state index is 12.5. The minimum Gasteiger partial charge on any atom is -0.492 e. The van der Waals surface area contributed by atoms with Gasteiger partial charge in [-0.05, 0) is 64.0 Å². The fourth-order valence-corrected chi connectivity index (χ4v) is 3.55. The molecule has 0 amide bonds. The zero-order valence-electron chi connectivity index (χ0n) is 18.4. The fourth-order valence-electron chi connectivity index (χ4n) is 3.55. The molecule has 2 heterocycles. The van der Waals surface area contributed by atoms with Gasteiger partial charge in [-0.15, -0.1) is 0 Å². The molecular formula is C22H33N5O4. The fraction of sp³-hybridized carbons (Fsp3) is 0.545. The second-order valence-electron chi connectivity index (χ2n) is 7.37. The smallest absolute Gasteiger partial charge is 0.257 e. The molecule has 0 saturated carbocycles. The molecule has 0 bridgehead atoms. The van der Waals surface area contributed by atoms with Gasteiger partial charge in [-0.2, -0.15) is 4.98 Å². The summed E-state index contributed by atoms with van der Waals surface area (Å²) >= 11 is 0. The number of rotatable bonds is 12. The van der Waals surface area contributed by atoms with Crippen LogP contribution in [0.2, 0.25) is 0 Å². The number of aromatic nitrogens is 2. The Labute approximate surface area is 182 Å². The summed E-state index contributed by atoms with van der Waals surface area (Å²) in [7, 11) is 0. The number of nitrogen functional groups attached to an aromatic ring is 1. The van der Waals surface area contributed by atoms with E-state index in [1.807, 2.05) is 38.1 Å². The van der Waals surface area contributed by atoms with Crippen molar-refractivity contribution < 1.29 is 14.2 Å². The van der Waals surface area contributed by atoms with Gasteiger partial charge in [0.25, 0.3) is 5.56 Å². The van der Waals surface area contributed by atoms with Crippen molar-refractivity contribution in [1.29, 1.82) is 0 Å². The standard InChI is InChI=1S/C22H33N5O4/c1-3-29-19(30-4-2)15-18-20(23)25-22(26-21(18)28)24-16-7-9-17(10-8-16)31-14-13-27-11-5-6-12-27/h7-10,19H,3-6,11-15H2,1-2H3,(H4,23,24,25,26,28). The third-order valence-electron chi connectivity index (χ3n) is 5.12. The normalized spacial score (nSPS) is 14.3. The van der Waals surface area contributed by atoms with Crippen LogP contribution in [0.3, 0.4) is 0 Å². The van der Waals surface area contributed by atoms with Crippen LogP contribution in [-0.2, 0) is 15.9 Å². The number of benzene rings is 1. The maximum absolute atomic E-state index is 12.5. The van der Waals surface area contributed by atoms with Crippen molar-refractivity contribution in [3.05, 3.63) is 40.2 Å². The lowest BCUT2D eigenvalue weighted by molar-refractivity contribution is -0.134. The average molecular weight is 432 g/mol. The van der Waals surface area contributed by atoms with Crippen LogP contribution < -0.4 is 21.3 Å². The van der Waals surface area contributed by atoms with Crippen molar-refractivity contribution in [2.75, 3.05) is 50.5 Å². The third kappa shape index (κ3) is 6.95. The minimum atomic E-state index is -0.531. The molecule has 0 aliphatic carbocycles. The highest BCUT2D eigenvalue weighted by molar-refractivity contribution is 5.56. The van der Waals surface area contributed by atoms with E-state index in [0.29, 0.717) is 25.4 Å². The van der Waals surface area contributed by atoms with Crippen molar-refractivity contribution in [3.8, 4) is 5.75 Å². The Bertz CT molecular complexity index is 859. The molecule has 4 N–H and O–H groups in total. The predicted molar refractivity (Wildman–Crippen MR) is 121 cm³/mol. The summed E-state index contributed by atoms with van der Waals surface area (Å²) in [4.78, 5) is 22.0. The second kappa shape index (κ2) is 11.7. The monoisotopic (exact) mass is 431 g/mol. The molecule has 31 heavy (non-hydrogen) atoms. The molecule has 2 aromatic rings. The van der Waals surface area contributed by atoms with E-state index in [0.717, 1.165) is 31.1 Å². The molecule has 1 aliphatic rings. The van der Waals surface area contributed by atoms with Gasteiger partial charge in [-0.3, -0.25) is 14.7 Å². The lowest BCUT2D eigenvalue weighted by Gasteiger charge is -2.17. The van der Waals surface area contributed by atoms with E-state index in [9.17, 15) is 4.79 Å². The first-order valence-electron chi connectivity index (χ1n) is 10.9. The number of H-pyrrole nitrogens is 1. The van der Waals surface area contributed by atoms with E-state index >= 15 is 0 Å². The summed E-state index contributed by atoms with van der Waals surface area (Å²) in [6, 6.07) is 7.51. The molecule has 1 saturated heterocycles. The lowest BCUT2D eigenvalue weighted by Crippen LogP contribution is -2.27. The van der Waals surface area contributed by atoms with Crippen LogP contribution >= 0.6 is 0 Å². The van der Waals surface area contributed by atoms with Gasteiger partial charge in [0.15, 0.2) is 6.29 Å². The van der Waals surface area contributed by atoms with Crippen LogP contribution in [0, 0.1) is 0 Å². The first-order valence-corrected chi connectivity index (χ1v) is 10.9. The summed E-state index contributed by atoms with van der Waals surface area (Å²) in [6.07, 6.45) is 2.26. The third-order valence-corrected chi connectivity index (χ3v) is 5.12. The van der Waals surface area contributed by atoms with Gasteiger partial charge in [-0.25, -0.2) is 0 Å². The molecule has 1 aromatic heterocycles. The first-order chi connectivity index (χ1) is 15.1. The number of ether oxygens (including phenoxy) is 3. The van der Waals surface area contributed by atoms with Gasteiger partial charge in [0.1, 0.15) is 18.2 Å². The summed E-state index contributed by atoms with van der Waals surface area (Å²) in [5.41, 5.74) is 6.84. The highest BCUT2D eigenvalue weighted by atomic mass is 16.7. The van der Waals surface area contributed by atoms with E-state index in [4.69, 9.17) is 19.9 Å². The summed E-state index contributed by atoms with van der Waals surface area (Å²) in [6.45, 7) is 8.65. The Balaban J connectivity index is 1.57. The maximum Gasteiger partial charge on any atom is 0.257 e. The highest BCUT2D eigenvalue weighted by Gasteiger charge is 2.17. The number of likely N-dealkylation sites (tertiary alicyclic amines) is 1. The Kier molecular flexibility index (Phi) is 8.69. The van der Waals surface area contributed by atoms with Gasteiger partial charge < -0.3 is 25.3 Å². The number of nitrogens with two attached hydrogens (primary N) is 1. The molecule has 9 nitrogen and oxygen atoms in total. The number of anilines is 3. The van der Waals surface area contributed by atoms with Crippen LogP contribution in [0.4, 0.5) is 17.5 Å². The van der Waals surface area contributed by atoms with Crippen LogP contribution in [0.5, 0.6) is 5.75 Å². The van der Waals surface area contributed by atoms with E-state index < -0.39 is 6.29 Å². The summed E-state index contributed by atoms with van der Waals surface area (Å²) in [5, 5.41) is 3.07. The molecular weight excluding hydrogens is 398 g/mol. The molecule has 1 fully saturated rings. The Morgan fingerprint density at radius 3 is 2.45 bits per heavy atom. The highest BCUT2D eigenvalue weighted by Crippen LogP contribution is 2.19. The Morgan fingerprint density at radius 2 is 1.84 bits per heavy atom. The molecule has 0 radical (unpaired) electrons. The van der Waals surface area contributed by atoms with Crippen molar-refractivity contribution in [3.63, 3.8) is 0 Å². The van der Waals surface area contributed by atoms with E-state index in [1.165, 1.54) is 12.8 Å². The van der Waals surface area contributed by atoms with E-state index in [2.05, 4.69) is 20.2 Å². The molecule has 0 unspecified atom stereocenters. The molecule has 0 atom stereocenters. The number of hydrogen-bond acceptors (Lipinski definition) is 8. The predicted octanol–water partition coefficient (Wildman–Crippen LogP) is 2.51. The van der Waals surface area contributed by atoms with Crippen LogP contribution in [0.25, 0.3) is 0 Å². The lowest BCUT2D eigenvalue weighted by atomic mass is 10.2. The molecule has 1 aliphatic heterocycles. The Morgan fingerprint density at radius 1 is 1.16 bits per heavy atom. The quantitative estimate of drug-likeness (QED) is 0.439.